The molecular weight excluding hydrogens is 1140 g/mol. The smallest absolute Gasteiger partial charge is 0.462 e. The molecule has 0 aromatic rings. The van der Waals surface area contributed by atoms with Crippen LogP contribution in [-0.4, -0.2) is 96.7 Å². The van der Waals surface area contributed by atoms with Crippen LogP contribution in [0.2, 0.25) is 0 Å². The van der Waals surface area contributed by atoms with Gasteiger partial charge in [0.15, 0.2) is 12.2 Å². The van der Waals surface area contributed by atoms with E-state index in [0.29, 0.717) is 25.7 Å². The van der Waals surface area contributed by atoms with E-state index in [1.54, 1.807) is 0 Å². The van der Waals surface area contributed by atoms with E-state index in [-0.39, 0.29) is 25.7 Å². The zero-order valence-electron chi connectivity index (χ0n) is 55.4. The molecule has 0 saturated carbocycles. The van der Waals surface area contributed by atoms with Crippen molar-refractivity contribution < 1.29 is 80.2 Å². The average molecular weight is 1270 g/mol. The number of carbonyl (C=O) groups excluding carboxylic acids is 4. The van der Waals surface area contributed by atoms with Gasteiger partial charge in [0.2, 0.25) is 0 Å². The van der Waals surface area contributed by atoms with Gasteiger partial charge >= 0.3 is 39.5 Å². The van der Waals surface area contributed by atoms with Gasteiger partial charge in [-0.3, -0.25) is 37.3 Å². The highest BCUT2D eigenvalue weighted by Crippen LogP contribution is 2.45. The van der Waals surface area contributed by atoms with Crippen LogP contribution in [0.1, 0.15) is 343 Å². The Hall–Kier alpha value is -1.94. The fraction of sp³-hybridized carbons (Fsp3) is 0.940. The first kappa shape index (κ1) is 84.1. The molecule has 5 atom stereocenters. The summed E-state index contributed by atoms with van der Waals surface area (Å²) in [4.78, 5) is 72.2. The summed E-state index contributed by atoms with van der Waals surface area (Å²) in [5.74, 6) is -1.38. The highest BCUT2D eigenvalue weighted by molar-refractivity contribution is 7.47. The summed E-state index contributed by atoms with van der Waals surface area (Å²) in [7, 11) is -9.88. The molecule has 510 valence electrons. The van der Waals surface area contributed by atoms with Crippen molar-refractivity contribution in [1.29, 1.82) is 0 Å². The van der Waals surface area contributed by atoms with Crippen molar-refractivity contribution in [3.8, 4) is 0 Å². The van der Waals surface area contributed by atoms with Crippen LogP contribution >= 0.6 is 15.6 Å². The molecule has 17 nitrogen and oxygen atoms in total. The molecule has 86 heavy (non-hydrogen) atoms. The highest BCUT2D eigenvalue weighted by Gasteiger charge is 2.30. The van der Waals surface area contributed by atoms with Crippen LogP contribution in [0.15, 0.2) is 0 Å². The second kappa shape index (κ2) is 60.6. The Kier molecular flexibility index (Phi) is 59.2. The predicted octanol–water partition coefficient (Wildman–Crippen LogP) is 19.0. The molecule has 0 aliphatic carbocycles. The number of carbonyl (C=O) groups is 4. The largest absolute Gasteiger partial charge is 0.472 e. The molecular formula is C67H130O17P2. The first-order valence-corrected chi connectivity index (χ1v) is 38.1. The molecule has 0 heterocycles. The Balaban J connectivity index is 5.16. The van der Waals surface area contributed by atoms with Crippen molar-refractivity contribution in [3.63, 3.8) is 0 Å². The minimum Gasteiger partial charge on any atom is -0.462 e. The van der Waals surface area contributed by atoms with Crippen LogP contribution in [0.3, 0.4) is 0 Å². The van der Waals surface area contributed by atoms with E-state index in [1.165, 1.54) is 148 Å². The topological polar surface area (TPSA) is 237 Å². The van der Waals surface area contributed by atoms with Gasteiger partial charge in [0, 0.05) is 25.7 Å². The molecule has 0 aromatic heterocycles. The Labute approximate surface area is 524 Å². The third-order valence-electron chi connectivity index (χ3n) is 15.5. The van der Waals surface area contributed by atoms with E-state index < -0.39 is 97.5 Å². The minimum atomic E-state index is -4.95. The monoisotopic (exact) mass is 1270 g/mol. The summed E-state index contributed by atoms with van der Waals surface area (Å²) in [6, 6.07) is 0. The number of hydrogen-bond donors (Lipinski definition) is 3. The molecule has 0 radical (unpaired) electrons. The molecule has 19 heteroatoms. The number of aliphatic hydroxyl groups is 1. The summed E-state index contributed by atoms with van der Waals surface area (Å²) in [6.45, 7) is 7.15. The van der Waals surface area contributed by atoms with Crippen LogP contribution in [0, 0.1) is 5.92 Å². The zero-order chi connectivity index (χ0) is 63.5. The maximum atomic E-state index is 13.0. The van der Waals surface area contributed by atoms with Gasteiger partial charge in [-0.15, -0.1) is 0 Å². The van der Waals surface area contributed by atoms with Crippen molar-refractivity contribution >= 4 is 39.5 Å². The Morgan fingerprint density at radius 3 is 0.791 bits per heavy atom. The summed E-state index contributed by atoms with van der Waals surface area (Å²) in [6.07, 6.45) is 46.1. The lowest BCUT2D eigenvalue weighted by atomic mass is 10.0. The molecule has 0 aromatic carbocycles. The SMILES string of the molecule is CCCCCCCCCCCCCCCCCCCCC(=O)O[C@H](COC(=O)CCCCCCCCCCCCC(C)C)COP(=O)(O)OC[C@@H](O)COP(=O)(O)OC[C@@H](COC(=O)CCCCCCCCC)OC(=O)CCCCCCCCCC. The fourth-order valence-electron chi connectivity index (χ4n) is 10.1. The maximum absolute atomic E-state index is 13.0. The van der Waals surface area contributed by atoms with Gasteiger partial charge in [0.05, 0.1) is 26.4 Å². The molecule has 0 spiro atoms. The third-order valence-corrected chi connectivity index (χ3v) is 17.4. The summed E-state index contributed by atoms with van der Waals surface area (Å²) in [5, 5.41) is 10.5. The van der Waals surface area contributed by atoms with Crippen LogP contribution in [0.5, 0.6) is 0 Å². The maximum Gasteiger partial charge on any atom is 0.472 e. The number of aliphatic hydroxyl groups excluding tert-OH is 1. The van der Waals surface area contributed by atoms with Crippen LogP contribution in [-0.2, 0) is 65.4 Å². The van der Waals surface area contributed by atoms with Crippen LogP contribution in [0.25, 0.3) is 0 Å². The van der Waals surface area contributed by atoms with E-state index in [1.807, 2.05) is 0 Å². The van der Waals surface area contributed by atoms with Gasteiger partial charge in [-0.25, -0.2) is 9.13 Å². The Morgan fingerprint density at radius 2 is 0.535 bits per heavy atom. The van der Waals surface area contributed by atoms with E-state index in [2.05, 4.69) is 34.6 Å². The average Bonchev–Trinajstić information content (AvgIpc) is 3.53. The second-order valence-corrected chi connectivity index (χ2v) is 27.6. The number of phosphoric ester groups is 2. The van der Waals surface area contributed by atoms with E-state index in [4.69, 9.17) is 37.0 Å². The van der Waals surface area contributed by atoms with Gasteiger partial charge in [-0.2, -0.15) is 0 Å². The number of rotatable bonds is 67. The van der Waals surface area contributed by atoms with Gasteiger partial charge in [-0.1, -0.05) is 291 Å². The fourth-order valence-corrected chi connectivity index (χ4v) is 11.7. The van der Waals surface area contributed by atoms with Crippen molar-refractivity contribution in [2.75, 3.05) is 39.6 Å². The molecule has 2 unspecified atom stereocenters. The molecule has 3 N–H and O–H groups in total. The molecule has 0 amide bonds. The number of hydrogen-bond acceptors (Lipinski definition) is 15. The number of ether oxygens (including phenoxy) is 4. The van der Waals surface area contributed by atoms with Gasteiger partial charge in [0.1, 0.15) is 19.3 Å². The molecule has 0 bridgehead atoms. The minimum absolute atomic E-state index is 0.105. The Bertz CT molecular complexity index is 1670. The van der Waals surface area contributed by atoms with Crippen molar-refractivity contribution in [2.24, 2.45) is 5.92 Å². The lowest BCUT2D eigenvalue weighted by Gasteiger charge is -2.21. The van der Waals surface area contributed by atoms with E-state index in [0.717, 1.165) is 115 Å². The second-order valence-electron chi connectivity index (χ2n) is 24.7. The standard InChI is InChI=1S/C67H130O17P2/c1-6-9-12-15-18-20-21-22-23-24-25-26-27-28-33-38-43-48-53-67(72)84-63(57-78-65(70)51-46-41-37-32-30-29-31-35-39-44-49-60(4)5)59-82-86(75,76)80-55-61(68)54-79-85(73,74)81-58-62(56-77-64(69)50-45-40-34-17-14-11-8-3)83-66(71)52-47-42-36-19-16-13-10-7-2/h60-63,68H,6-59H2,1-5H3,(H,73,74)(H,75,76)/t61-,62+,63+/m0/s1. The first-order valence-electron chi connectivity index (χ1n) is 35.1. The number of unbranched alkanes of at least 4 members (excludes halogenated alkanes) is 39. The molecule has 0 saturated heterocycles. The summed E-state index contributed by atoms with van der Waals surface area (Å²) in [5.41, 5.74) is 0. The normalized spacial score (nSPS) is 14.2. The van der Waals surface area contributed by atoms with E-state index >= 15 is 0 Å². The van der Waals surface area contributed by atoms with Gasteiger partial charge in [-0.05, 0) is 31.6 Å². The highest BCUT2D eigenvalue weighted by atomic mass is 31.2. The quantitative estimate of drug-likeness (QED) is 0.0222. The third kappa shape index (κ3) is 60.9. The molecule has 0 fully saturated rings. The molecule has 0 aliphatic heterocycles. The summed E-state index contributed by atoms with van der Waals surface area (Å²) >= 11 is 0. The number of esters is 4. The van der Waals surface area contributed by atoms with E-state index in [9.17, 15) is 43.2 Å². The van der Waals surface area contributed by atoms with Crippen molar-refractivity contribution in [2.45, 2.75) is 361 Å². The lowest BCUT2D eigenvalue weighted by molar-refractivity contribution is -0.161. The zero-order valence-corrected chi connectivity index (χ0v) is 57.2. The molecule has 0 aliphatic rings. The van der Waals surface area contributed by atoms with Crippen LogP contribution in [0.4, 0.5) is 0 Å². The first-order chi connectivity index (χ1) is 41.5. The molecule has 0 rings (SSSR count). The predicted molar refractivity (Wildman–Crippen MR) is 345 cm³/mol. The van der Waals surface area contributed by atoms with Gasteiger partial charge in [0.25, 0.3) is 0 Å². The Morgan fingerprint density at radius 1 is 0.314 bits per heavy atom. The lowest BCUT2D eigenvalue weighted by Crippen LogP contribution is -2.30. The summed E-state index contributed by atoms with van der Waals surface area (Å²) < 4.78 is 68.0. The number of phosphoric acid groups is 2. The van der Waals surface area contributed by atoms with Gasteiger partial charge < -0.3 is 33.8 Å². The van der Waals surface area contributed by atoms with Crippen LogP contribution < -0.4 is 0 Å². The van der Waals surface area contributed by atoms with Crippen molar-refractivity contribution in [1.82, 2.24) is 0 Å². The van der Waals surface area contributed by atoms with Crippen molar-refractivity contribution in [3.05, 3.63) is 0 Å².